The van der Waals surface area contributed by atoms with Gasteiger partial charge in [0.15, 0.2) is 5.84 Å². The van der Waals surface area contributed by atoms with Gasteiger partial charge in [0, 0.05) is 19.9 Å². The Morgan fingerprint density at radius 3 is 3.05 bits per heavy atom. The fourth-order valence-electron chi connectivity index (χ4n) is 3.07. The van der Waals surface area contributed by atoms with Crippen molar-refractivity contribution < 1.29 is 20.2 Å². The van der Waals surface area contributed by atoms with Crippen molar-refractivity contribution in [2.24, 2.45) is 4.99 Å². The Hall–Kier alpha value is -1.68. The van der Waals surface area contributed by atoms with E-state index in [9.17, 15) is 5.11 Å². The van der Waals surface area contributed by atoms with Crippen molar-refractivity contribution in [1.29, 1.82) is 0 Å². The van der Waals surface area contributed by atoms with E-state index in [2.05, 4.69) is 9.98 Å². The molecule has 21 heavy (non-hydrogen) atoms. The Labute approximate surface area is 121 Å². The topological polar surface area (TPSA) is 138 Å². The fraction of sp³-hybridized carbons (Fsp3) is 0.667. The van der Waals surface area contributed by atoms with E-state index in [1.165, 1.54) is 13.4 Å². The van der Waals surface area contributed by atoms with Crippen LogP contribution in [-0.4, -0.2) is 62.3 Å². The van der Waals surface area contributed by atoms with Gasteiger partial charge in [-0.15, -0.1) is 0 Å². The molecule has 2 heterocycles. The first-order valence-electron chi connectivity index (χ1n) is 6.73. The van der Waals surface area contributed by atoms with Gasteiger partial charge in [0.25, 0.3) is 0 Å². The lowest BCUT2D eigenvalue weighted by molar-refractivity contribution is -0.0350. The van der Waals surface area contributed by atoms with Crippen LogP contribution in [0, 0.1) is 0 Å². The number of nitrogens with zero attached hydrogens (tertiary/aromatic N) is 3. The first kappa shape index (κ1) is 14.3. The number of ether oxygens (including phenoxy) is 1. The number of hydroxylamine groups is 1. The van der Waals surface area contributed by atoms with Crippen molar-refractivity contribution in [3.05, 3.63) is 12.0 Å². The number of aliphatic hydroxyl groups excluding tert-OH is 2. The number of amidine groups is 1. The highest BCUT2D eigenvalue weighted by molar-refractivity contribution is 6.00. The molecule has 116 valence electrons. The van der Waals surface area contributed by atoms with Crippen molar-refractivity contribution in [3.8, 4) is 0 Å². The smallest absolute Gasteiger partial charge is 0.174 e. The second kappa shape index (κ2) is 4.95. The normalized spacial score (nSPS) is 35.4. The Morgan fingerprint density at radius 2 is 2.48 bits per heavy atom. The number of nitrogens with one attached hydrogen (secondary N) is 1. The average Bonchev–Trinajstić information content (AvgIpc) is 2.94. The quantitative estimate of drug-likeness (QED) is 0.264. The molecule has 1 saturated heterocycles. The summed E-state index contributed by atoms with van der Waals surface area (Å²) in [6.07, 6.45) is 1.57. The van der Waals surface area contributed by atoms with E-state index >= 15 is 0 Å². The molecule has 1 spiro atoms. The summed E-state index contributed by atoms with van der Waals surface area (Å²) in [7, 11) is 1.51. The Balaban J connectivity index is 1.85. The molecule has 1 aliphatic carbocycles. The van der Waals surface area contributed by atoms with E-state index in [1.807, 2.05) is 5.48 Å². The number of nitrogen functional groups attached to an aromatic ring is 1. The van der Waals surface area contributed by atoms with Crippen LogP contribution >= 0.6 is 0 Å². The Morgan fingerprint density at radius 1 is 1.71 bits per heavy atom. The van der Waals surface area contributed by atoms with E-state index in [1.54, 1.807) is 4.57 Å². The predicted molar refractivity (Wildman–Crippen MR) is 73.0 cm³/mol. The lowest BCUT2D eigenvalue weighted by Crippen LogP contribution is -2.27. The molecule has 6 N–H and O–H groups in total. The highest BCUT2D eigenvalue weighted by Crippen LogP contribution is 2.58. The molecule has 1 aliphatic heterocycles. The molecule has 1 aromatic heterocycles. The van der Waals surface area contributed by atoms with Crippen LogP contribution in [0.4, 0.5) is 5.82 Å². The number of aromatic nitrogens is 2. The number of aliphatic hydroxyl groups is 2. The maximum atomic E-state index is 10.2. The molecule has 1 saturated carbocycles. The number of hydrogen-bond acceptors (Lipinski definition) is 7. The van der Waals surface area contributed by atoms with Crippen molar-refractivity contribution in [1.82, 2.24) is 15.0 Å². The highest BCUT2D eigenvalue weighted by atomic mass is 16.6. The fourth-order valence-corrected chi connectivity index (χ4v) is 3.07. The van der Waals surface area contributed by atoms with Gasteiger partial charge >= 0.3 is 0 Å². The number of hydrogen-bond donors (Lipinski definition) is 5. The summed E-state index contributed by atoms with van der Waals surface area (Å²) in [5.74, 6) is 0.504. The van der Waals surface area contributed by atoms with Crippen LogP contribution in [0.3, 0.4) is 0 Å². The summed E-state index contributed by atoms with van der Waals surface area (Å²) < 4.78 is 7.48. The summed E-state index contributed by atoms with van der Waals surface area (Å²) >= 11 is 0. The minimum Gasteiger partial charge on any atom is -0.394 e. The maximum Gasteiger partial charge on any atom is 0.174 e. The van der Waals surface area contributed by atoms with E-state index < -0.39 is 11.7 Å². The molecule has 0 radical (unpaired) electrons. The lowest BCUT2D eigenvalue weighted by atomic mass is 10.1. The number of rotatable bonds is 3. The molecule has 2 aliphatic rings. The van der Waals surface area contributed by atoms with Crippen LogP contribution in [0.2, 0.25) is 0 Å². The Bertz CT molecular complexity index is 574. The number of aliphatic imine (C=N–C) groups is 1. The number of nitrogens with two attached hydrogens (primary N) is 1. The number of anilines is 1. The summed E-state index contributed by atoms with van der Waals surface area (Å²) in [6, 6.07) is -0.137. The average molecular weight is 297 g/mol. The third-order valence-corrected chi connectivity index (χ3v) is 4.28. The van der Waals surface area contributed by atoms with Crippen molar-refractivity contribution >= 4 is 11.7 Å². The third kappa shape index (κ3) is 2.01. The predicted octanol–water partition coefficient (Wildman–Crippen LogP) is -1.35. The molecule has 2 unspecified atom stereocenters. The van der Waals surface area contributed by atoms with Gasteiger partial charge in [-0.3, -0.25) is 15.7 Å². The first-order chi connectivity index (χ1) is 10.1. The molecule has 4 atom stereocenters. The van der Waals surface area contributed by atoms with E-state index in [4.69, 9.17) is 20.8 Å². The molecule has 0 bridgehead atoms. The van der Waals surface area contributed by atoms with Crippen molar-refractivity contribution in [2.45, 2.75) is 36.7 Å². The van der Waals surface area contributed by atoms with Gasteiger partial charge < -0.3 is 25.3 Å². The SMILES string of the molecule is CN=C(NO)c1ncn(C2CC23O[C@H](CO)C[C@H]3O)c1N. The zero-order valence-electron chi connectivity index (χ0n) is 11.6. The van der Waals surface area contributed by atoms with Gasteiger partial charge in [0.1, 0.15) is 17.1 Å². The zero-order chi connectivity index (χ0) is 15.2. The summed E-state index contributed by atoms with van der Waals surface area (Å²) in [5, 5.41) is 28.3. The molecule has 3 rings (SSSR count). The maximum absolute atomic E-state index is 10.2. The molecular weight excluding hydrogens is 278 g/mol. The summed E-state index contributed by atoms with van der Waals surface area (Å²) in [5.41, 5.74) is 7.63. The van der Waals surface area contributed by atoms with Gasteiger partial charge in [0.2, 0.25) is 0 Å². The van der Waals surface area contributed by atoms with Crippen molar-refractivity contribution in [2.75, 3.05) is 19.4 Å². The minimum atomic E-state index is -0.699. The van der Waals surface area contributed by atoms with Crippen LogP contribution in [-0.2, 0) is 4.74 Å². The van der Waals surface area contributed by atoms with Gasteiger partial charge in [-0.05, 0) is 0 Å². The highest BCUT2D eigenvalue weighted by Gasteiger charge is 2.66. The number of imidazole rings is 1. The van der Waals surface area contributed by atoms with Crippen LogP contribution in [0.5, 0.6) is 0 Å². The zero-order valence-corrected chi connectivity index (χ0v) is 11.6. The second-order valence-corrected chi connectivity index (χ2v) is 5.42. The summed E-state index contributed by atoms with van der Waals surface area (Å²) in [4.78, 5) is 7.98. The van der Waals surface area contributed by atoms with Gasteiger partial charge in [-0.25, -0.2) is 4.98 Å². The standard InChI is InChI=1S/C12H19N5O4/c1-14-11(16-20)9-10(13)17(5-15-9)7-3-12(7)8(19)2-6(4-18)21-12/h5-8,18-20H,2-4,13H2,1H3,(H,14,16)/t6-,7?,8+,12?/m0/s1. The van der Waals surface area contributed by atoms with Crippen molar-refractivity contribution in [3.63, 3.8) is 0 Å². The largest absolute Gasteiger partial charge is 0.394 e. The second-order valence-electron chi connectivity index (χ2n) is 5.42. The molecule has 0 amide bonds. The minimum absolute atomic E-state index is 0.114. The van der Waals surface area contributed by atoms with Gasteiger partial charge in [-0.1, -0.05) is 0 Å². The molecule has 2 fully saturated rings. The molecule has 1 aromatic rings. The molecular formula is C12H19N5O4. The monoisotopic (exact) mass is 297 g/mol. The first-order valence-corrected chi connectivity index (χ1v) is 6.73. The van der Waals surface area contributed by atoms with Gasteiger partial charge in [0.05, 0.1) is 31.2 Å². The van der Waals surface area contributed by atoms with E-state index in [0.717, 1.165) is 0 Å². The van der Waals surface area contributed by atoms with Crippen LogP contribution < -0.4 is 11.2 Å². The molecule has 0 aromatic carbocycles. The summed E-state index contributed by atoms with van der Waals surface area (Å²) in [6.45, 7) is -0.114. The van der Waals surface area contributed by atoms with Crippen LogP contribution in [0.15, 0.2) is 11.3 Å². The van der Waals surface area contributed by atoms with Crippen LogP contribution in [0.1, 0.15) is 24.6 Å². The van der Waals surface area contributed by atoms with Crippen LogP contribution in [0.25, 0.3) is 0 Å². The van der Waals surface area contributed by atoms with Gasteiger partial charge in [-0.2, -0.15) is 0 Å². The van der Waals surface area contributed by atoms with E-state index in [-0.39, 0.29) is 24.6 Å². The Kier molecular flexibility index (Phi) is 3.36. The molecule has 9 heteroatoms. The lowest BCUT2D eigenvalue weighted by Gasteiger charge is -2.16. The third-order valence-electron chi connectivity index (χ3n) is 4.28. The molecule has 9 nitrogen and oxygen atoms in total. The van der Waals surface area contributed by atoms with E-state index in [0.29, 0.717) is 24.4 Å².